The highest BCUT2D eigenvalue weighted by Crippen LogP contribution is 2.28. The number of ether oxygens (including phenoxy) is 3. The molecule has 2 aromatic carbocycles. The van der Waals surface area contributed by atoms with E-state index in [-0.39, 0.29) is 0 Å². The summed E-state index contributed by atoms with van der Waals surface area (Å²) < 4.78 is 17.3. The molecule has 0 heterocycles. The molecule has 0 radical (unpaired) electrons. The van der Waals surface area contributed by atoms with Gasteiger partial charge in [0.25, 0.3) is 0 Å². The Balaban J connectivity index is 1.74. The highest BCUT2D eigenvalue weighted by atomic mass is 16.6. The lowest BCUT2D eigenvalue weighted by Gasteiger charge is -2.14. The van der Waals surface area contributed by atoms with Crippen molar-refractivity contribution in [1.82, 2.24) is 0 Å². The van der Waals surface area contributed by atoms with Crippen molar-refractivity contribution in [3.8, 4) is 11.5 Å². The Morgan fingerprint density at radius 2 is 1.63 bits per heavy atom. The van der Waals surface area contributed by atoms with Crippen LogP contribution in [0.4, 0.5) is 0 Å². The fourth-order valence-electron chi connectivity index (χ4n) is 3.05. The highest BCUT2D eigenvalue weighted by Gasteiger charge is 2.07. The summed E-state index contributed by atoms with van der Waals surface area (Å²) in [6.45, 7) is 8.38. The van der Waals surface area contributed by atoms with E-state index >= 15 is 0 Å². The number of benzene rings is 2. The Bertz CT molecular complexity index is 789. The van der Waals surface area contributed by atoms with Crippen LogP contribution >= 0.6 is 0 Å². The smallest absolute Gasteiger partial charge is 0.125 e. The van der Waals surface area contributed by atoms with Crippen LogP contribution in [0.1, 0.15) is 35.6 Å². The van der Waals surface area contributed by atoms with Crippen molar-refractivity contribution in [2.75, 3.05) is 26.9 Å². The lowest BCUT2D eigenvalue weighted by Crippen LogP contribution is -2.03. The van der Waals surface area contributed by atoms with Gasteiger partial charge < -0.3 is 19.0 Å². The minimum absolute atomic E-state index is 0.439. The third-order valence-corrected chi connectivity index (χ3v) is 4.54. The molecular weight excluding hydrogens is 378 g/mol. The van der Waals surface area contributed by atoms with Crippen LogP contribution in [0.15, 0.2) is 53.7 Å². The fraction of sp³-hybridized carbons (Fsp3) is 0.400. The van der Waals surface area contributed by atoms with E-state index in [2.05, 4.69) is 48.1 Å². The summed E-state index contributed by atoms with van der Waals surface area (Å²) in [5.41, 5.74) is 4.64. The highest BCUT2D eigenvalue weighted by molar-refractivity contribution is 5.57. The maximum atomic E-state index is 6.07. The summed E-state index contributed by atoms with van der Waals surface area (Å²) in [6.07, 6.45) is 7.51. The topological polar surface area (TPSA) is 49.3 Å². The second-order valence-electron chi connectivity index (χ2n) is 7.02. The zero-order valence-corrected chi connectivity index (χ0v) is 18.5. The summed E-state index contributed by atoms with van der Waals surface area (Å²) in [4.78, 5) is 4.59. The van der Waals surface area contributed by atoms with Gasteiger partial charge in [-0.3, -0.25) is 0 Å². The molecule has 0 aliphatic heterocycles. The summed E-state index contributed by atoms with van der Waals surface area (Å²) in [6, 6.07) is 12.6. The Morgan fingerprint density at radius 3 is 2.30 bits per heavy atom. The minimum Gasteiger partial charge on any atom is -0.493 e. The van der Waals surface area contributed by atoms with Gasteiger partial charge in [-0.05, 0) is 68.0 Å². The van der Waals surface area contributed by atoms with Crippen molar-refractivity contribution in [3.05, 3.63) is 70.8 Å². The van der Waals surface area contributed by atoms with Crippen molar-refractivity contribution < 1.29 is 19.0 Å². The van der Waals surface area contributed by atoms with Gasteiger partial charge in [-0.2, -0.15) is 0 Å². The minimum atomic E-state index is 0.439. The Morgan fingerprint density at radius 1 is 0.933 bits per heavy atom. The third kappa shape index (κ3) is 8.29. The molecule has 0 atom stereocenters. The van der Waals surface area contributed by atoms with E-state index in [1.807, 2.05) is 31.2 Å². The van der Waals surface area contributed by atoms with E-state index in [1.54, 1.807) is 6.21 Å². The molecule has 30 heavy (non-hydrogen) atoms. The average Bonchev–Trinajstić information content (AvgIpc) is 2.74. The van der Waals surface area contributed by atoms with Crippen molar-refractivity contribution >= 4 is 6.21 Å². The summed E-state index contributed by atoms with van der Waals surface area (Å²) in [5, 5.41) is 3.64. The molecule has 162 valence electrons. The second kappa shape index (κ2) is 13.4. The van der Waals surface area contributed by atoms with E-state index in [0.717, 1.165) is 41.0 Å². The molecule has 0 amide bonds. The van der Waals surface area contributed by atoms with Crippen LogP contribution in [0, 0.1) is 13.8 Å². The first-order valence-electron chi connectivity index (χ1n) is 10.3. The molecule has 0 spiro atoms. The monoisotopic (exact) mass is 411 g/mol. The van der Waals surface area contributed by atoms with Crippen molar-refractivity contribution in [2.24, 2.45) is 5.16 Å². The summed E-state index contributed by atoms with van der Waals surface area (Å²) >= 11 is 0. The van der Waals surface area contributed by atoms with Crippen LogP contribution in [-0.2, 0) is 22.6 Å². The number of rotatable bonds is 13. The fourth-order valence-corrected chi connectivity index (χ4v) is 3.05. The van der Waals surface area contributed by atoms with Gasteiger partial charge in [-0.25, -0.2) is 0 Å². The molecule has 0 N–H and O–H groups in total. The van der Waals surface area contributed by atoms with E-state index in [4.69, 9.17) is 14.2 Å². The van der Waals surface area contributed by atoms with Crippen LogP contribution in [0.5, 0.6) is 11.5 Å². The standard InChI is InChI=1S/C25H33NO4/c1-5-6-14-29-24-17-20(2)25(21(3)18-24)30-15-7-8-22-9-11-23(12-10-22)19-28-16-13-26-27-4/h5-6,9-13,17-18H,7-8,14-16,19H2,1-4H3/b6-5+,26-13?. The Labute approximate surface area is 180 Å². The average molecular weight is 412 g/mol. The number of allylic oxidation sites excluding steroid dienone is 1. The van der Waals surface area contributed by atoms with Gasteiger partial charge >= 0.3 is 0 Å². The van der Waals surface area contributed by atoms with E-state index in [1.165, 1.54) is 12.7 Å². The number of hydrogen-bond donors (Lipinski definition) is 0. The van der Waals surface area contributed by atoms with Crippen LogP contribution < -0.4 is 9.47 Å². The lowest BCUT2D eigenvalue weighted by atomic mass is 10.1. The molecule has 0 unspecified atom stereocenters. The van der Waals surface area contributed by atoms with Gasteiger partial charge in [0.05, 0.1) is 26.0 Å². The van der Waals surface area contributed by atoms with Gasteiger partial charge in [-0.15, -0.1) is 0 Å². The summed E-state index contributed by atoms with van der Waals surface area (Å²) in [5.74, 6) is 1.84. The van der Waals surface area contributed by atoms with Crippen molar-refractivity contribution in [1.29, 1.82) is 0 Å². The van der Waals surface area contributed by atoms with Crippen molar-refractivity contribution in [3.63, 3.8) is 0 Å². The van der Waals surface area contributed by atoms with E-state index < -0.39 is 0 Å². The first kappa shape index (κ1) is 23.5. The number of oxime groups is 1. The Kier molecular flexibility index (Phi) is 10.5. The first-order chi connectivity index (χ1) is 14.6. The van der Waals surface area contributed by atoms with Crippen LogP contribution in [0.3, 0.4) is 0 Å². The van der Waals surface area contributed by atoms with E-state index in [0.29, 0.717) is 26.4 Å². The quantitative estimate of drug-likeness (QED) is 0.191. The normalized spacial score (nSPS) is 11.3. The largest absolute Gasteiger partial charge is 0.493 e. The van der Waals surface area contributed by atoms with Gasteiger partial charge in [-0.1, -0.05) is 41.6 Å². The van der Waals surface area contributed by atoms with Gasteiger partial charge in [0.15, 0.2) is 0 Å². The van der Waals surface area contributed by atoms with Crippen LogP contribution in [0.2, 0.25) is 0 Å². The predicted octanol–water partition coefficient (Wildman–Crippen LogP) is 5.42. The molecule has 0 saturated carbocycles. The second-order valence-corrected chi connectivity index (χ2v) is 7.02. The van der Waals surface area contributed by atoms with Crippen molar-refractivity contribution in [2.45, 2.75) is 40.2 Å². The maximum Gasteiger partial charge on any atom is 0.125 e. The van der Waals surface area contributed by atoms with Gasteiger partial charge in [0, 0.05) is 0 Å². The predicted molar refractivity (Wildman–Crippen MR) is 122 cm³/mol. The van der Waals surface area contributed by atoms with Crippen LogP contribution in [0.25, 0.3) is 0 Å². The molecule has 0 aliphatic rings. The molecule has 0 bridgehead atoms. The molecule has 0 aromatic heterocycles. The number of nitrogens with zero attached hydrogens (tertiary/aromatic N) is 1. The SMILES string of the molecule is C/C=C/COc1cc(C)c(OCCCc2ccc(COCC=NOC)cc2)c(C)c1. The van der Waals surface area contributed by atoms with Gasteiger partial charge in [0.1, 0.15) is 25.2 Å². The molecule has 5 nitrogen and oxygen atoms in total. The first-order valence-corrected chi connectivity index (χ1v) is 10.3. The number of hydrogen-bond acceptors (Lipinski definition) is 5. The molecule has 2 aromatic rings. The molecular formula is C25H33NO4. The molecule has 0 fully saturated rings. The van der Waals surface area contributed by atoms with Gasteiger partial charge in [0.2, 0.25) is 0 Å². The molecule has 2 rings (SSSR count). The summed E-state index contributed by atoms with van der Waals surface area (Å²) in [7, 11) is 1.51. The molecule has 0 saturated heterocycles. The zero-order valence-electron chi connectivity index (χ0n) is 18.5. The lowest BCUT2D eigenvalue weighted by molar-refractivity contribution is 0.154. The molecule has 0 aliphatic carbocycles. The van der Waals surface area contributed by atoms with E-state index in [9.17, 15) is 0 Å². The van der Waals surface area contributed by atoms with Crippen LogP contribution in [-0.4, -0.2) is 33.1 Å². The Hall–Kier alpha value is -2.79. The third-order valence-electron chi connectivity index (χ3n) is 4.54. The number of aryl methyl sites for hydroxylation is 3. The maximum absolute atomic E-state index is 6.07. The molecule has 5 heteroatoms. The zero-order chi connectivity index (χ0) is 21.6.